The first kappa shape index (κ1) is 25.1. The van der Waals surface area contributed by atoms with Gasteiger partial charge in [-0.2, -0.15) is 0 Å². The van der Waals surface area contributed by atoms with Crippen molar-refractivity contribution in [3.63, 3.8) is 0 Å². The maximum atomic E-state index is 14.4. The fourth-order valence-electron chi connectivity index (χ4n) is 4.85. The summed E-state index contributed by atoms with van der Waals surface area (Å²) < 4.78 is 20.4. The van der Waals surface area contributed by atoms with Crippen LogP contribution in [0.25, 0.3) is 22.3 Å². The van der Waals surface area contributed by atoms with E-state index in [9.17, 15) is 19.1 Å². The Balaban J connectivity index is 1.44. The number of H-pyrrole nitrogens is 1. The maximum absolute atomic E-state index is 14.4. The lowest BCUT2D eigenvalue weighted by molar-refractivity contribution is -0.134. The topological polar surface area (TPSA) is 120 Å². The number of carbonyl (C=O) groups excluding carboxylic acids is 2. The molecule has 1 aliphatic carbocycles. The van der Waals surface area contributed by atoms with Crippen molar-refractivity contribution in [3.05, 3.63) is 41.1 Å². The molecule has 2 aromatic heterocycles. The number of aromatic nitrogens is 3. The van der Waals surface area contributed by atoms with Crippen molar-refractivity contribution < 1.29 is 23.8 Å². The lowest BCUT2D eigenvalue weighted by Gasteiger charge is -2.36. The number of likely N-dealkylation sites (tertiary alicyclic amines) is 1. The Bertz CT molecular complexity index is 1350. The lowest BCUT2D eigenvalue weighted by atomic mass is 10.0. The molecule has 2 aliphatic rings. The van der Waals surface area contributed by atoms with Gasteiger partial charge in [-0.1, -0.05) is 6.92 Å². The number of fused-ring (bicyclic) bond motifs is 1. The minimum atomic E-state index is -0.864. The molecule has 1 saturated heterocycles. The molecule has 37 heavy (non-hydrogen) atoms. The second-order valence-electron chi connectivity index (χ2n) is 10.1. The Morgan fingerprint density at radius 2 is 2.03 bits per heavy atom. The number of amides is 2. The lowest BCUT2D eigenvalue weighted by Crippen LogP contribution is -2.55. The molecule has 196 valence electrons. The minimum absolute atomic E-state index is 0.0166. The molecule has 3 heterocycles. The van der Waals surface area contributed by atoms with E-state index in [4.69, 9.17) is 4.74 Å². The zero-order chi connectivity index (χ0) is 26.3. The van der Waals surface area contributed by atoms with E-state index in [1.807, 2.05) is 0 Å². The largest absolute Gasteiger partial charge is 0.492 e. The van der Waals surface area contributed by atoms with Gasteiger partial charge >= 0.3 is 0 Å². The van der Waals surface area contributed by atoms with Gasteiger partial charge in [0.15, 0.2) is 0 Å². The summed E-state index contributed by atoms with van der Waals surface area (Å²) in [5.41, 5.74) is 3.55. The molecule has 0 bridgehead atoms. The summed E-state index contributed by atoms with van der Waals surface area (Å²) in [7, 11) is 0. The summed E-state index contributed by atoms with van der Waals surface area (Å²) in [5, 5.41) is 13.5. The molecule has 0 spiro atoms. The summed E-state index contributed by atoms with van der Waals surface area (Å²) in [5.74, 6) is 0.163. The molecule has 3 N–H and O–H groups in total. The van der Waals surface area contributed by atoms with Crippen LogP contribution in [-0.2, 0) is 4.79 Å². The van der Waals surface area contributed by atoms with E-state index in [1.54, 1.807) is 31.7 Å². The van der Waals surface area contributed by atoms with Gasteiger partial charge in [-0.25, -0.2) is 14.4 Å². The number of nitrogens with one attached hydrogen (secondary N) is 2. The molecule has 10 heteroatoms. The van der Waals surface area contributed by atoms with Crippen LogP contribution in [0.3, 0.4) is 0 Å². The van der Waals surface area contributed by atoms with Crippen LogP contribution < -0.4 is 10.1 Å². The molecule has 3 aromatic rings. The average Bonchev–Trinajstić information content (AvgIpc) is 3.64. The van der Waals surface area contributed by atoms with E-state index in [0.29, 0.717) is 76.8 Å². The number of nitrogens with zero attached hydrogens (tertiary/aromatic N) is 3. The van der Waals surface area contributed by atoms with Crippen molar-refractivity contribution in [2.45, 2.75) is 58.6 Å². The zero-order valence-electron chi connectivity index (χ0n) is 21.3. The third kappa shape index (κ3) is 5.02. The Labute approximate surface area is 214 Å². The standard InChI is InChI=1S/C27H32FN5O4/c1-4-22(35)33-8-7-19(20(34)11-33)32-27(36)23-15(3)31-26-24(29-13-30-25(23)26)17-9-14(2)18(28)10-21(17)37-12-16-5-6-16/h9-10,13,16,19-20,31,34H,4-8,11-12H2,1-3H3,(H,32,36)/t19-,20+/m1/s1. The first-order valence-corrected chi connectivity index (χ1v) is 12.8. The first-order chi connectivity index (χ1) is 17.8. The summed E-state index contributed by atoms with van der Waals surface area (Å²) in [6.07, 6.45) is 3.57. The van der Waals surface area contributed by atoms with Gasteiger partial charge in [0, 0.05) is 36.8 Å². The predicted molar refractivity (Wildman–Crippen MR) is 136 cm³/mol. The van der Waals surface area contributed by atoms with Crippen molar-refractivity contribution in [1.82, 2.24) is 25.2 Å². The molecule has 9 nitrogen and oxygen atoms in total. The van der Waals surface area contributed by atoms with Crippen LogP contribution in [0.4, 0.5) is 4.39 Å². The second-order valence-corrected chi connectivity index (χ2v) is 10.1. The molecular formula is C27H32FN5O4. The van der Waals surface area contributed by atoms with Crippen LogP contribution in [-0.4, -0.2) is 68.6 Å². The van der Waals surface area contributed by atoms with E-state index in [2.05, 4.69) is 20.3 Å². The Morgan fingerprint density at radius 1 is 1.24 bits per heavy atom. The van der Waals surface area contributed by atoms with Gasteiger partial charge < -0.3 is 25.0 Å². The molecule has 1 aliphatic heterocycles. The van der Waals surface area contributed by atoms with E-state index < -0.39 is 12.1 Å². The van der Waals surface area contributed by atoms with Crippen molar-refractivity contribution in [2.75, 3.05) is 19.7 Å². The SMILES string of the molecule is CCC(=O)N1CC[C@@H](NC(=O)c2c(C)[nH]c3c(-c4cc(C)c(F)cc4OCC4CC4)ncnc23)[C@@H](O)C1. The number of ether oxygens (including phenoxy) is 1. The minimum Gasteiger partial charge on any atom is -0.492 e. The Kier molecular flexibility index (Phi) is 6.85. The molecule has 1 saturated carbocycles. The second kappa shape index (κ2) is 10.1. The smallest absolute Gasteiger partial charge is 0.255 e. The van der Waals surface area contributed by atoms with E-state index >= 15 is 0 Å². The first-order valence-electron chi connectivity index (χ1n) is 12.8. The zero-order valence-corrected chi connectivity index (χ0v) is 21.3. The number of aliphatic hydroxyl groups excluding tert-OH is 1. The monoisotopic (exact) mass is 509 g/mol. The highest BCUT2D eigenvalue weighted by molar-refractivity contribution is 6.09. The van der Waals surface area contributed by atoms with Crippen molar-refractivity contribution in [1.29, 1.82) is 0 Å². The van der Waals surface area contributed by atoms with Gasteiger partial charge in [-0.05, 0) is 50.7 Å². The molecule has 2 fully saturated rings. The van der Waals surface area contributed by atoms with Crippen LogP contribution in [0.2, 0.25) is 0 Å². The van der Waals surface area contributed by atoms with E-state index in [1.165, 1.54) is 12.4 Å². The molecular weight excluding hydrogens is 477 g/mol. The third-order valence-corrected chi connectivity index (χ3v) is 7.24. The van der Waals surface area contributed by atoms with Crippen LogP contribution in [0.1, 0.15) is 54.2 Å². The van der Waals surface area contributed by atoms with Gasteiger partial charge in [-0.15, -0.1) is 0 Å². The number of aryl methyl sites for hydroxylation is 2. The summed E-state index contributed by atoms with van der Waals surface area (Å²) in [6, 6.07) is 2.61. The number of hydrogen-bond donors (Lipinski definition) is 3. The molecule has 0 unspecified atom stereocenters. The highest BCUT2D eigenvalue weighted by Crippen LogP contribution is 2.37. The molecule has 2 atom stereocenters. The van der Waals surface area contributed by atoms with Crippen molar-refractivity contribution >= 4 is 22.8 Å². The summed E-state index contributed by atoms with van der Waals surface area (Å²) in [4.78, 5) is 39.1. The third-order valence-electron chi connectivity index (χ3n) is 7.24. The van der Waals surface area contributed by atoms with Gasteiger partial charge in [0.25, 0.3) is 5.91 Å². The quantitative estimate of drug-likeness (QED) is 0.450. The van der Waals surface area contributed by atoms with Gasteiger partial charge in [0.2, 0.25) is 5.91 Å². The van der Waals surface area contributed by atoms with Gasteiger partial charge in [0.1, 0.15) is 29.1 Å². The summed E-state index contributed by atoms with van der Waals surface area (Å²) in [6.45, 7) is 6.43. The number of rotatable bonds is 7. The number of carbonyl (C=O) groups is 2. The Hall–Kier alpha value is -3.53. The van der Waals surface area contributed by atoms with Gasteiger partial charge in [-0.3, -0.25) is 9.59 Å². The highest BCUT2D eigenvalue weighted by Gasteiger charge is 2.32. The van der Waals surface area contributed by atoms with Crippen molar-refractivity contribution in [2.24, 2.45) is 5.92 Å². The maximum Gasteiger partial charge on any atom is 0.255 e. The number of aliphatic hydroxyl groups is 1. The molecule has 5 rings (SSSR count). The average molecular weight is 510 g/mol. The van der Waals surface area contributed by atoms with E-state index in [0.717, 1.165) is 12.8 Å². The number of aromatic amines is 1. The highest BCUT2D eigenvalue weighted by atomic mass is 19.1. The molecule has 0 radical (unpaired) electrons. The van der Waals surface area contributed by atoms with Gasteiger partial charge in [0.05, 0.1) is 29.8 Å². The van der Waals surface area contributed by atoms with Crippen molar-refractivity contribution in [3.8, 4) is 17.0 Å². The summed E-state index contributed by atoms with van der Waals surface area (Å²) >= 11 is 0. The predicted octanol–water partition coefficient (Wildman–Crippen LogP) is 3.27. The van der Waals surface area contributed by atoms with Crippen LogP contribution >= 0.6 is 0 Å². The number of β-amino-alcohol motifs (C(OH)–C–C–N with tert-alkyl or cyclic N) is 1. The normalized spacial score (nSPS) is 19.8. The number of hydrogen-bond acceptors (Lipinski definition) is 6. The fourth-order valence-corrected chi connectivity index (χ4v) is 4.85. The molecule has 1 aromatic carbocycles. The number of piperidine rings is 1. The Morgan fingerprint density at radius 3 is 2.73 bits per heavy atom. The van der Waals surface area contributed by atoms with Crippen LogP contribution in [0.5, 0.6) is 5.75 Å². The number of halogens is 1. The van der Waals surface area contributed by atoms with Crippen LogP contribution in [0.15, 0.2) is 18.5 Å². The van der Waals surface area contributed by atoms with Crippen LogP contribution in [0, 0.1) is 25.6 Å². The number of benzene rings is 1. The molecule has 2 amide bonds. The fraction of sp³-hybridized carbons (Fsp3) is 0.481. The van der Waals surface area contributed by atoms with E-state index in [-0.39, 0.29) is 24.2 Å².